The summed E-state index contributed by atoms with van der Waals surface area (Å²) in [5, 5.41) is 3.52. The van der Waals surface area contributed by atoms with Gasteiger partial charge in [-0.1, -0.05) is 49.6 Å². The third-order valence-corrected chi connectivity index (χ3v) is 11.0. The highest BCUT2D eigenvalue weighted by molar-refractivity contribution is 7.87. The summed E-state index contributed by atoms with van der Waals surface area (Å²) in [6, 6.07) is 14.4. The van der Waals surface area contributed by atoms with E-state index >= 15 is 0 Å². The highest BCUT2D eigenvalue weighted by atomic mass is 32.2. The van der Waals surface area contributed by atoms with E-state index in [-0.39, 0.29) is 35.5 Å². The first-order chi connectivity index (χ1) is 20.5. The highest BCUT2D eigenvalue weighted by Gasteiger charge is 2.46. The Balaban J connectivity index is 1.44. The van der Waals surface area contributed by atoms with E-state index in [4.69, 9.17) is 0 Å². The maximum Gasteiger partial charge on any atom is 0.303 e. The zero-order valence-electron chi connectivity index (χ0n) is 25.5. The Morgan fingerprint density at radius 2 is 1.65 bits per heavy atom. The summed E-state index contributed by atoms with van der Waals surface area (Å²) in [6.45, 7) is 5.94. The molecule has 1 saturated heterocycles. The lowest BCUT2D eigenvalue weighted by Gasteiger charge is -2.38. The van der Waals surface area contributed by atoms with Gasteiger partial charge >= 0.3 is 10.2 Å². The van der Waals surface area contributed by atoms with Crippen molar-refractivity contribution in [3.05, 3.63) is 70.3 Å². The Morgan fingerprint density at radius 3 is 2.35 bits per heavy atom. The monoisotopic (exact) mass is 605 g/mol. The average molecular weight is 606 g/mol. The van der Waals surface area contributed by atoms with Gasteiger partial charge in [0.2, 0.25) is 0 Å². The average Bonchev–Trinajstić information content (AvgIpc) is 3.18. The number of hydrogen-bond donors (Lipinski definition) is 2. The Kier molecular flexibility index (Phi) is 8.12. The van der Waals surface area contributed by atoms with Crippen LogP contribution in [0.15, 0.2) is 48.0 Å². The van der Waals surface area contributed by atoms with E-state index < -0.39 is 16.1 Å². The molecule has 2 aromatic carbocycles. The van der Waals surface area contributed by atoms with Gasteiger partial charge in [0.25, 0.3) is 11.8 Å². The van der Waals surface area contributed by atoms with Crippen LogP contribution in [-0.4, -0.2) is 75.3 Å². The zero-order chi connectivity index (χ0) is 30.5. The number of nitrogens with one attached hydrogen (secondary N) is 2. The van der Waals surface area contributed by atoms with Crippen LogP contribution >= 0.6 is 0 Å². The minimum absolute atomic E-state index is 0.0144. The van der Waals surface area contributed by atoms with Crippen molar-refractivity contribution >= 4 is 33.8 Å². The van der Waals surface area contributed by atoms with Crippen molar-refractivity contribution in [1.29, 1.82) is 0 Å². The Hall–Kier alpha value is -3.21. The minimum atomic E-state index is -3.94. The molecule has 43 heavy (non-hydrogen) atoms. The topological polar surface area (TPSA) is 102 Å². The predicted molar refractivity (Wildman–Crippen MR) is 169 cm³/mol. The van der Waals surface area contributed by atoms with E-state index in [1.54, 1.807) is 6.07 Å². The Morgan fingerprint density at radius 1 is 0.953 bits per heavy atom. The number of fused-ring (bicyclic) bond motifs is 5. The number of amides is 2. The molecule has 2 aromatic rings. The first-order valence-electron chi connectivity index (χ1n) is 15.5. The maximum atomic E-state index is 14.2. The van der Waals surface area contributed by atoms with E-state index in [1.807, 2.05) is 23.1 Å². The van der Waals surface area contributed by atoms with Crippen LogP contribution in [0.25, 0.3) is 6.08 Å². The summed E-state index contributed by atoms with van der Waals surface area (Å²) in [6.07, 6.45) is 8.03. The second kappa shape index (κ2) is 11.7. The predicted octanol–water partition coefficient (Wildman–Crippen LogP) is 4.05. The second-order valence-corrected chi connectivity index (χ2v) is 14.9. The molecule has 1 saturated carbocycles. The molecule has 3 heterocycles. The summed E-state index contributed by atoms with van der Waals surface area (Å²) in [7, 11) is -1.17. The fourth-order valence-corrected chi connectivity index (χ4v) is 8.23. The van der Waals surface area contributed by atoms with Crippen LogP contribution in [0.2, 0.25) is 0 Å². The summed E-state index contributed by atoms with van der Waals surface area (Å²) in [4.78, 5) is 31.6. The van der Waals surface area contributed by atoms with Gasteiger partial charge in [-0.25, -0.2) is 4.72 Å². The van der Waals surface area contributed by atoms with Crippen molar-refractivity contribution in [2.24, 2.45) is 5.92 Å². The molecule has 3 aliphatic heterocycles. The van der Waals surface area contributed by atoms with Crippen LogP contribution in [0.3, 0.4) is 0 Å². The minimum Gasteiger partial charge on any atom is -0.359 e. The molecule has 6 rings (SSSR count). The largest absolute Gasteiger partial charge is 0.359 e. The number of benzene rings is 2. The van der Waals surface area contributed by atoms with Crippen LogP contribution in [0.5, 0.6) is 0 Å². The molecule has 0 radical (unpaired) electrons. The van der Waals surface area contributed by atoms with Gasteiger partial charge in [-0.2, -0.15) is 12.7 Å². The molecule has 4 aliphatic rings. The van der Waals surface area contributed by atoms with E-state index in [2.05, 4.69) is 53.1 Å². The molecule has 230 valence electrons. The molecule has 1 aliphatic carbocycles. The SMILES string of the molecule is CC1CN(C(=O)C2=Cc3ccccc3C3C(C4CCCCC4)c4ccc(C(=O)NS(=O)(=O)N(C)C)cc4N3C2)CC(C)N1. The van der Waals surface area contributed by atoms with Crippen molar-refractivity contribution in [2.45, 2.75) is 70.0 Å². The molecule has 2 N–H and O–H groups in total. The van der Waals surface area contributed by atoms with Crippen LogP contribution in [0.4, 0.5) is 5.69 Å². The summed E-state index contributed by atoms with van der Waals surface area (Å²) < 4.78 is 28.1. The lowest BCUT2D eigenvalue weighted by Crippen LogP contribution is -2.56. The Bertz CT molecular complexity index is 1540. The molecule has 10 heteroatoms. The number of piperazine rings is 1. The fraction of sp³-hybridized carbons (Fsp3) is 0.515. The molecule has 0 spiro atoms. The number of anilines is 1. The van der Waals surface area contributed by atoms with Gasteiger partial charge in [0.05, 0.1) is 6.04 Å². The van der Waals surface area contributed by atoms with E-state index in [0.717, 1.165) is 34.0 Å². The van der Waals surface area contributed by atoms with Gasteiger partial charge in [-0.3, -0.25) is 9.59 Å². The lowest BCUT2D eigenvalue weighted by atomic mass is 9.73. The van der Waals surface area contributed by atoms with Crippen LogP contribution in [0, 0.1) is 5.92 Å². The first kappa shape index (κ1) is 29.8. The number of hydrogen-bond acceptors (Lipinski definition) is 6. The number of rotatable bonds is 5. The maximum absolute atomic E-state index is 14.2. The van der Waals surface area contributed by atoms with Crippen molar-refractivity contribution < 1.29 is 18.0 Å². The summed E-state index contributed by atoms with van der Waals surface area (Å²) in [5.41, 5.74) is 5.37. The smallest absolute Gasteiger partial charge is 0.303 e. The van der Waals surface area contributed by atoms with Crippen molar-refractivity contribution in [1.82, 2.24) is 19.2 Å². The molecule has 0 aromatic heterocycles. The van der Waals surface area contributed by atoms with Crippen molar-refractivity contribution in [3.63, 3.8) is 0 Å². The van der Waals surface area contributed by atoms with Crippen LogP contribution < -0.4 is 14.9 Å². The van der Waals surface area contributed by atoms with Gasteiger partial charge in [0.15, 0.2) is 0 Å². The zero-order valence-corrected chi connectivity index (χ0v) is 26.4. The third-order valence-electron chi connectivity index (χ3n) is 9.60. The van der Waals surface area contributed by atoms with Crippen LogP contribution in [0.1, 0.15) is 85.0 Å². The molecular formula is C33H43N5O4S. The second-order valence-electron chi connectivity index (χ2n) is 13.0. The summed E-state index contributed by atoms with van der Waals surface area (Å²) >= 11 is 0. The van der Waals surface area contributed by atoms with Gasteiger partial charge in [-0.15, -0.1) is 0 Å². The van der Waals surface area contributed by atoms with Gasteiger partial charge in [0, 0.05) is 68.6 Å². The normalized spacial score (nSPS) is 25.8. The fourth-order valence-electron chi connectivity index (χ4n) is 7.70. The number of nitrogens with zero attached hydrogens (tertiary/aromatic N) is 3. The van der Waals surface area contributed by atoms with E-state index in [9.17, 15) is 18.0 Å². The van der Waals surface area contributed by atoms with Crippen molar-refractivity contribution in [2.75, 3.05) is 38.6 Å². The van der Waals surface area contributed by atoms with Gasteiger partial charge in [0.1, 0.15) is 0 Å². The van der Waals surface area contributed by atoms with E-state index in [0.29, 0.717) is 25.6 Å². The number of carbonyl (C=O) groups excluding carboxylic acids is 2. The quantitative estimate of drug-likeness (QED) is 0.533. The molecule has 4 atom stereocenters. The van der Waals surface area contributed by atoms with Gasteiger partial charge < -0.3 is 15.1 Å². The highest BCUT2D eigenvalue weighted by Crippen LogP contribution is 2.56. The number of carbonyl (C=O) groups is 2. The van der Waals surface area contributed by atoms with Gasteiger partial charge in [-0.05, 0) is 67.5 Å². The van der Waals surface area contributed by atoms with Crippen LogP contribution in [-0.2, 0) is 15.0 Å². The molecule has 2 amide bonds. The van der Waals surface area contributed by atoms with E-state index in [1.165, 1.54) is 44.5 Å². The third kappa shape index (κ3) is 5.72. The summed E-state index contributed by atoms with van der Waals surface area (Å²) in [5.74, 6) is 0.0712. The molecule has 4 unspecified atom stereocenters. The molecule has 9 nitrogen and oxygen atoms in total. The lowest BCUT2D eigenvalue weighted by molar-refractivity contribution is -0.128. The molecular weight excluding hydrogens is 562 g/mol. The molecule has 0 bridgehead atoms. The standard InChI is InChI=1S/C33H43N5O4S/c1-21-18-37(19-22(2)34-21)33(40)26-16-24-12-8-9-13-27(24)31-30(23-10-6-5-7-11-23)28-15-14-25(17-29(28)38(31)20-26)32(39)35-43(41,42)36(3)4/h8-9,12-17,21-23,30-31,34H,5-7,10-11,18-20H2,1-4H3,(H,35,39). The Labute approximate surface area is 255 Å². The van der Waals surface area contributed by atoms with Crippen molar-refractivity contribution in [3.8, 4) is 0 Å². The first-order valence-corrected chi connectivity index (χ1v) is 17.0. The molecule has 2 fully saturated rings.